The minimum absolute atomic E-state index is 0.191. The van der Waals surface area contributed by atoms with Crippen LogP contribution in [0, 0.1) is 0 Å². The summed E-state index contributed by atoms with van der Waals surface area (Å²) in [5, 5.41) is 3.96. The third-order valence-electron chi connectivity index (χ3n) is 4.56. The Morgan fingerprint density at radius 3 is 2.59 bits per heavy atom. The average molecular weight is 356 g/mol. The van der Waals surface area contributed by atoms with Crippen molar-refractivity contribution in [1.82, 2.24) is 9.97 Å². The summed E-state index contributed by atoms with van der Waals surface area (Å²) in [7, 11) is 0. The van der Waals surface area contributed by atoms with Crippen LogP contribution in [-0.4, -0.2) is 21.9 Å². The number of hydrogen-bond acceptors (Lipinski definition) is 3. The van der Waals surface area contributed by atoms with E-state index in [1.54, 1.807) is 6.20 Å². The van der Waals surface area contributed by atoms with Crippen LogP contribution >= 0.6 is 0 Å². The van der Waals surface area contributed by atoms with Gasteiger partial charge in [0.2, 0.25) is 5.91 Å². The predicted octanol–water partition coefficient (Wildman–Crippen LogP) is 3.74. The van der Waals surface area contributed by atoms with Crippen LogP contribution in [0.3, 0.4) is 0 Å². The molecule has 0 aliphatic rings. The van der Waals surface area contributed by atoms with E-state index < -0.39 is 6.04 Å². The molecule has 4 aromatic rings. The number of nitrogens with one attached hydrogen (secondary N) is 2. The highest BCUT2D eigenvalue weighted by atomic mass is 16.2. The summed E-state index contributed by atoms with van der Waals surface area (Å²) in [6.07, 6.45) is 4.17. The lowest BCUT2D eigenvalue weighted by Crippen LogP contribution is -2.37. The fourth-order valence-corrected chi connectivity index (χ4v) is 3.14. The summed E-state index contributed by atoms with van der Waals surface area (Å²) in [4.78, 5) is 19.8. The molecule has 5 nitrogen and oxygen atoms in total. The predicted molar refractivity (Wildman–Crippen MR) is 108 cm³/mol. The topological polar surface area (TPSA) is 83.8 Å². The number of aromatic amines is 1. The van der Waals surface area contributed by atoms with Crippen LogP contribution in [0.4, 0.5) is 5.69 Å². The van der Waals surface area contributed by atoms with E-state index in [0.717, 1.165) is 33.4 Å². The minimum Gasteiger partial charge on any atom is -0.346 e. The van der Waals surface area contributed by atoms with E-state index in [1.807, 2.05) is 72.9 Å². The lowest BCUT2D eigenvalue weighted by molar-refractivity contribution is -0.117. The summed E-state index contributed by atoms with van der Waals surface area (Å²) >= 11 is 0. The molecular weight excluding hydrogens is 336 g/mol. The second-order valence-corrected chi connectivity index (χ2v) is 6.46. The third kappa shape index (κ3) is 3.73. The van der Waals surface area contributed by atoms with Crippen LogP contribution in [0.1, 0.15) is 5.56 Å². The number of carbonyl (C=O) groups is 1. The van der Waals surface area contributed by atoms with Gasteiger partial charge < -0.3 is 16.0 Å². The van der Waals surface area contributed by atoms with Crippen molar-refractivity contribution in [3.8, 4) is 11.1 Å². The number of H-pyrrole nitrogens is 1. The molecule has 4 N–H and O–H groups in total. The Morgan fingerprint density at radius 2 is 1.81 bits per heavy atom. The van der Waals surface area contributed by atoms with E-state index in [1.165, 1.54) is 0 Å². The zero-order valence-electron chi connectivity index (χ0n) is 14.7. The van der Waals surface area contributed by atoms with Crippen LogP contribution in [0.15, 0.2) is 79.1 Å². The van der Waals surface area contributed by atoms with Crippen molar-refractivity contribution in [2.75, 3.05) is 5.32 Å². The van der Waals surface area contributed by atoms with Crippen molar-refractivity contribution >= 4 is 22.6 Å². The van der Waals surface area contributed by atoms with Gasteiger partial charge in [0.05, 0.1) is 6.04 Å². The molecular formula is C22H20N4O. The Labute approximate surface area is 157 Å². The molecule has 1 amide bonds. The van der Waals surface area contributed by atoms with Crippen molar-refractivity contribution in [2.45, 2.75) is 12.5 Å². The molecule has 0 fully saturated rings. The Morgan fingerprint density at radius 1 is 1.04 bits per heavy atom. The fraction of sp³-hybridized carbons (Fsp3) is 0.0909. The molecule has 4 rings (SSSR count). The summed E-state index contributed by atoms with van der Waals surface area (Å²) in [6.45, 7) is 0. The second-order valence-electron chi connectivity index (χ2n) is 6.46. The maximum atomic E-state index is 12.4. The molecule has 134 valence electrons. The molecule has 0 bridgehead atoms. The van der Waals surface area contributed by atoms with Crippen LogP contribution in [0.25, 0.3) is 22.2 Å². The first-order chi connectivity index (χ1) is 13.2. The van der Waals surface area contributed by atoms with Gasteiger partial charge in [0.25, 0.3) is 0 Å². The monoisotopic (exact) mass is 356 g/mol. The highest BCUT2D eigenvalue weighted by Crippen LogP contribution is 2.27. The molecule has 0 aliphatic carbocycles. The van der Waals surface area contributed by atoms with Crippen LogP contribution in [0.5, 0.6) is 0 Å². The Kier molecular flexibility index (Phi) is 4.68. The SMILES string of the molecule is NC(Cc1ccccc1)C(=O)Nc1ccc(-c2ccnc3[nH]ccc23)cc1. The normalized spacial score (nSPS) is 12.0. The van der Waals surface area contributed by atoms with Crippen molar-refractivity contribution in [1.29, 1.82) is 0 Å². The number of hydrogen-bond donors (Lipinski definition) is 3. The Bertz CT molecular complexity index is 1050. The molecule has 2 heterocycles. The highest BCUT2D eigenvalue weighted by molar-refractivity contribution is 5.96. The number of carbonyl (C=O) groups excluding carboxylic acids is 1. The highest BCUT2D eigenvalue weighted by Gasteiger charge is 2.14. The van der Waals surface area contributed by atoms with Gasteiger partial charge in [-0.2, -0.15) is 0 Å². The number of rotatable bonds is 5. The van der Waals surface area contributed by atoms with Crippen molar-refractivity contribution < 1.29 is 4.79 Å². The van der Waals surface area contributed by atoms with Crippen LogP contribution < -0.4 is 11.1 Å². The van der Waals surface area contributed by atoms with E-state index in [9.17, 15) is 4.79 Å². The van der Waals surface area contributed by atoms with Gasteiger partial charge in [-0.05, 0) is 47.4 Å². The van der Waals surface area contributed by atoms with Gasteiger partial charge in [-0.15, -0.1) is 0 Å². The van der Waals surface area contributed by atoms with Crippen LogP contribution in [-0.2, 0) is 11.2 Å². The smallest absolute Gasteiger partial charge is 0.241 e. The number of amides is 1. The average Bonchev–Trinajstić information content (AvgIpc) is 3.18. The maximum absolute atomic E-state index is 12.4. The zero-order valence-corrected chi connectivity index (χ0v) is 14.7. The number of fused-ring (bicyclic) bond motifs is 1. The van der Waals surface area contributed by atoms with Gasteiger partial charge in [-0.1, -0.05) is 42.5 Å². The van der Waals surface area contributed by atoms with E-state index in [4.69, 9.17) is 5.73 Å². The van der Waals surface area contributed by atoms with Gasteiger partial charge in [0.15, 0.2) is 0 Å². The number of anilines is 1. The molecule has 0 saturated carbocycles. The van der Waals surface area contributed by atoms with E-state index in [-0.39, 0.29) is 5.91 Å². The molecule has 27 heavy (non-hydrogen) atoms. The molecule has 2 aromatic carbocycles. The molecule has 1 unspecified atom stereocenters. The van der Waals surface area contributed by atoms with Gasteiger partial charge in [0.1, 0.15) is 5.65 Å². The summed E-state index contributed by atoms with van der Waals surface area (Å²) < 4.78 is 0. The Hall–Kier alpha value is -3.44. The molecule has 0 radical (unpaired) electrons. The number of nitrogens with two attached hydrogens (primary N) is 1. The van der Waals surface area contributed by atoms with Gasteiger partial charge in [-0.25, -0.2) is 4.98 Å². The summed E-state index contributed by atoms with van der Waals surface area (Å²) in [6, 6.07) is 20.9. The van der Waals surface area contributed by atoms with E-state index in [0.29, 0.717) is 6.42 Å². The number of nitrogens with zero attached hydrogens (tertiary/aromatic N) is 1. The van der Waals surface area contributed by atoms with E-state index in [2.05, 4.69) is 15.3 Å². The molecule has 0 aliphatic heterocycles. The quantitative estimate of drug-likeness (QED) is 0.509. The third-order valence-corrected chi connectivity index (χ3v) is 4.56. The van der Waals surface area contributed by atoms with Crippen molar-refractivity contribution in [3.63, 3.8) is 0 Å². The lowest BCUT2D eigenvalue weighted by Gasteiger charge is -2.13. The Balaban J connectivity index is 1.46. The minimum atomic E-state index is -0.591. The molecule has 0 saturated heterocycles. The molecule has 0 spiro atoms. The molecule has 1 atom stereocenters. The fourth-order valence-electron chi connectivity index (χ4n) is 3.14. The van der Waals surface area contributed by atoms with Gasteiger partial charge in [-0.3, -0.25) is 4.79 Å². The van der Waals surface area contributed by atoms with Crippen molar-refractivity contribution in [3.05, 3.63) is 84.7 Å². The molecule has 2 aromatic heterocycles. The first-order valence-electron chi connectivity index (χ1n) is 8.83. The lowest BCUT2D eigenvalue weighted by atomic mass is 10.0. The van der Waals surface area contributed by atoms with E-state index >= 15 is 0 Å². The number of aromatic nitrogens is 2. The summed E-state index contributed by atoms with van der Waals surface area (Å²) in [5.41, 5.74) is 10.8. The number of benzene rings is 2. The second kappa shape index (κ2) is 7.43. The number of pyridine rings is 1. The first kappa shape index (κ1) is 17.0. The standard InChI is InChI=1S/C22H20N4O/c23-20(14-15-4-2-1-3-5-15)22(27)26-17-8-6-16(7-9-17)18-10-12-24-21-19(18)11-13-25-21/h1-13,20H,14,23H2,(H,24,25)(H,26,27). The van der Waals surface area contributed by atoms with Gasteiger partial charge in [0, 0.05) is 23.5 Å². The zero-order chi connectivity index (χ0) is 18.6. The first-order valence-corrected chi connectivity index (χ1v) is 8.83. The molecule has 5 heteroatoms. The van der Waals surface area contributed by atoms with Crippen LogP contribution in [0.2, 0.25) is 0 Å². The van der Waals surface area contributed by atoms with Gasteiger partial charge >= 0.3 is 0 Å². The largest absolute Gasteiger partial charge is 0.346 e. The maximum Gasteiger partial charge on any atom is 0.241 e. The summed E-state index contributed by atoms with van der Waals surface area (Å²) in [5.74, 6) is -0.191. The van der Waals surface area contributed by atoms with Crippen molar-refractivity contribution in [2.24, 2.45) is 5.73 Å².